The molecule has 0 aliphatic carbocycles. The average molecular weight is 1560 g/mol. The molecule has 6 aromatic heterocycles. The smallest absolute Gasteiger partial charge is 0.0547 e. The maximum atomic E-state index is 2.53. The van der Waals surface area contributed by atoms with Crippen molar-refractivity contribution in [1.29, 1.82) is 0 Å². The summed E-state index contributed by atoms with van der Waals surface area (Å²) in [6.07, 6.45) is 0.819. The molecule has 0 saturated heterocycles. The van der Waals surface area contributed by atoms with Crippen molar-refractivity contribution in [2.45, 2.75) is 51.9 Å². The van der Waals surface area contributed by atoms with Crippen molar-refractivity contribution in [3.8, 4) is 78.6 Å². The number of rotatable bonds is 13. The first-order valence-corrected chi connectivity index (χ1v) is 42.6. The van der Waals surface area contributed by atoms with E-state index in [-0.39, 0.29) is 10.8 Å². The largest absolute Gasteiger partial charge is 0.309 e. The molecule has 24 aromatic rings. The van der Waals surface area contributed by atoms with Crippen LogP contribution in [0.1, 0.15) is 51.3 Å². The van der Waals surface area contributed by atoms with Crippen LogP contribution >= 0.6 is 0 Å². The lowest BCUT2D eigenvalue weighted by atomic mass is 9.78. The molecule has 578 valence electrons. The van der Waals surface area contributed by atoms with Gasteiger partial charge in [0.2, 0.25) is 0 Å². The fraction of sp³-hybridized carbons (Fsp3) is 0.0690. The highest BCUT2D eigenvalue weighted by Crippen LogP contribution is 2.47. The summed E-state index contributed by atoms with van der Waals surface area (Å²) >= 11 is 0. The number of hydrogen-bond acceptors (Lipinski definition) is 0. The Morgan fingerprint density at radius 1 is 0.164 bits per heavy atom. The second-order valence-electron chi connectivity index (χ2n) is 35.0. The minimum atomic E-state index is -0.276. The van der Waals surface area contributed by atoms with Crippen molar-refractivity contribution in [3.05, 3.63) is 423 Å². The summed E-state index contributed by atoms with van der Waals surface area (Å²) in [4.78, 5) is 0. The van der Waals surface area contributed by atoms with Gasteiger partial charge in [-0.3, -0.25) is 0 Å². The molecule has 0 fully saturated rings. The third kappa shape index (κ3) is 11.3. The van der Waals surface area contributed by atoms with Gasteiger partial charge >= 0.3 is 0 Å². The molecule has 24 rings (SSSR count). The Labute approximate surface area is 707 Å². The van der Waals surface area contributed by atoms with Crippen LogP contribution < -0.4 is 0 Å². The van der Waals surface area contributed by atoms with Gasteiger partial charge in [0.1, 0.15) is 0 Å². The predicted octanol–water partition coefficient (Wildman–Crippen LogP) is 30.8. The molecule has 0 spiro atoms. The van der Waals surface area contributed by atoms with Gasteiger partial charge in [0.25, 0.3) is 0 Å². The van der Waals surface area contributed by atoms with Gasteiger partial charge in [0.05, 0.1) is 66.2 Å². The number of aromatic nitrogens is 6. The Balaban J connectivity index is 0.614. The van der Waals surface area contributed by atoms with Crippen LogP contribution in [-0.4, -0.2) is 27.4 Å². The zero-order chi connectivity index (χ0) is 81.2. The van der Waals surface area contributed by atoms with Gasteiger partial charge in [-0.05, 0) is 248 Å². The molecule has 0 N–H and O–H groups in total. The summed E-state index contributed by atoms with van der Waals surface area (Å²) in [5.74, 6) is 0. The zero-order valence-electron chi connectivity index (χ0n) is 68.6. The minimum Gasteiger partial charge on any atom is -0.309 e. The SMILES string of the molecule is CC(C)(C)c1ccc2c(c1)c1ccc(-c3ccc4c5cc(C(C)(C)Cc6cccc(-n7c8ccccc8c8cc(-n9c%10ccc(-c%11ccccc%11)cc%10c%10ccc(-c%11ccc%12c%13cc(-c%14ccccc%14)ccc%13n(-c%13ccccc%13)c%12c%11)cc%109)ccc87)c6)ccc5n(-c5ccc6c(c5)c5ccccc5n6-c5ccccc5)c4c3)cc1n2-c1ccccc1. The molecule has 18 aromatic carbocycles. The molecule has 0 aliphatic rings. The molecular formula is C116H84N6. The van der Waals surface area contributed by atoms with Crippen molar-refractivity contribution in [1.82, 2.24) is 27.4 Å². The summed E-state index contributed by atoms with van der Waals surface area (Å²) in [6, 6.07) is 152. The van der Waals surface area contributed by atoms with Crippen LogP contribution in [0.5, 0.6) is 0 Å². The lowest BCUT2D eigenvalue weighted by Crippen LogP contribution is -2.20. The number of fused-ring (bicyclic) bond motifs is 18. The molecule has 6 heterocycles. The number of hydrogen-bond donors (Lipinski definition) is 0. The third-order valence-corrected chi connectivity index (χ3v) is 26.3. The van der Waals surface area contributed by atoms with Crippen molar-refractivity contribution >= 4 is 131 Å². The molecule has 6 heteroatoms. The Hall–Kier alpha value is -15.2. The number of benzene rings is 18. The second kappa shape index (κ2) is 27.4. The molecule has 6 nitrogen and oxygen atoms in total. The molecule has 0 bridgehead atoms. The highest BCUT2D eigenvalue weighted by molar-refractivity contribution is 6.18. The van der Waals surface area contributed by atoms with Crippen molar-refractivity contribution in [2.24, 2.45) is 0 Å². The number of para-hydroxylation sites is 5. The highest BCUT2D eigenvalue weighted by Gasteiger charge is 2.28. The van der Waals surface area contributed by atoms with Crippen LogP contribution in [0.2, 0.25) is 0 Å². The first-order chi connectivity index (χ1) is 59.9. The van der Waals surface area contributed by atoms with Gasteiger partial charge in [0, 0.05) is 98.8 Å². The van der Waals surface area contributed by atoms with E-state index in [0.717, 1.165) is 79.3 Å². The normalized spacial score (nSPS) is 12.3. The van der Waals surface area contributed by atoms with Crippen LogP contribution in [0.25, 0.3) is 209 Å². The Bertz CT molecular complexity index is 8390. The van der Waals surface area contributed by atoms with Crippen LogP contribution in [0.4, 0.5) is 0 Å². The van der Waals surface area contributed by atoms with E-state index in [0.29, 0.717) is 0 Å². The van der Waals surface area contributed by atoms with E-state index in [9.17, 15) is 0 Å². The Morgan fingerprint density at radius 3 is 0.844 bits per heavy atom. The highest BCUT2D eigenvalue weighted by atomic mass is 15.0. The molecular weight excluding hydrogens is 1480 g/mol. The fourth-order valence-corrected chi connectivity index (χ4v) is 20.3. The van der Waals surface area contributed by atoms with Crippen molar-refractivity contribution in [3.63, 3.8) is 0 Å². The molecule has 0 unspecified atom stereocenters. The summed E-state index contributed by atoms with van der Waals surface area (Å²) < 4.78 is 14.8. The summed E-state index contributed by atoms with van der Waals surface area (Å²) in [5.41, 5.74) is 34.0. The topological polar surface area (TPSA) is 29.6 Å². The van der Waals surface area contributed by atoms with Crippen molar-refractivity contribution < 1.29 is 0 Å². The van der Waals surface area contributed by atoms with E-state index in [2.05, 4.69) is 468 Å². The summed E-state index contributed by atoms with van der Waals surface area (Å²) in [7, 11) is 0. The van der Waals surface area contributed by atoms with Gasteiger partial charge in [-0.25, -0.2) is 0 Å². The monoisotopic (exact) mass is 1560 g/mol. The third-order valence-electron chi connectivity index (χ3n) is 26.3. The maximum absolute atomic E-state index is 2.53. The van der Waals surface area contributed by atoms with E-state index >= 15 is 0 Å². The molecule has 0 atom stereocenters. The maximum Gasteiger partial charge on any atom is 0.0547 e. The van der Waals surface area contributed by atoms with E-state index in [1.54, 1.807) is 0 Å². The zero-order valence-corrected chi connectivity index (χ0v) is 68.6. The Kier molecular flexibility index (Phi) is 15.9. The first kappa shape index (κ1) is 70.9. The summed E-state index contributed by atoms with van der Waals surface area (Å²) in [5, 5.41) is 14.7. The summed E-state index contributed by atoms with van der Waals surface area (Å²) in [6.45, 7) is 11.8. The van der Waals surface area contributed by atoms with Gasteiger partial charge in [-0.2, -0.15) is 0 Å². The van der Waals surface area contributed by atoms with Gasteiger partial charge in [-0.1, -0.05) is 271 Å². The van der Waals surface area contributed by atoms with E-state index in [1.807, 2.05) is 0 Å². The minimum absolute atomic E-state index is 0.00584. The van der Waals surface area contributed by atoms with Crippen LogP contribution in [0.3, 0.4) is 0 Å². The van der Waals surface area contributed by atoms with Crippen molar-refractivity contribution in [2.75, 3.05) is 0 Å². The quantitative estimate of drug-likeness (QED) is 0.110. The van der Waals surface area contributed by atoms with Gasteiger partial charge in [-0.15, -0.1) is 0 Å². The molecule has 0 amide bonds. The fourth-order valence-electron chi connectivity index (χ4n) is 20.3. The lowest BCUT2D eigenvalue weighted by Gasteiger charge is -2.26. The second-order valence-corrected chi connectivity index (χ2v) is 35.0. The van der Waals surface area contributed by atoms with Gasteiger partial charge < -0.3 is 27.4 Å². The average Bonchev–Trinajstić information content (AvgIpc) is 1.59. The van der Waals surface area contributed by atoms with Crippen LogP contribution in [-0.2, 0) is 17.3 Å². The van der Waals surface area contributed by atoms with Crippen LogP contribution in [0.15, 0.2) is 406 Å². The molecule has 122 heavy (non-hydrogen) atoms. The van der Waals surface area contributed by atoms with E-state index in [1.165, 1.54) is 153 Å². The van der Waals surface area contributed by atoms with E-state index in [4.69, 9.17) is 0 Å². The van der Waals surface area contributed by atoms with Crippen LogP contribution in [0, 0.1) is 0 Å². The molecule has 0 aliphatic heterocycles. The predicted molar refractivity (Wildman–Crippen MR) is 516 cm³/mol. The molecule has 0 radical (unpaired) electrons. The van der Waals surface area contributed by atoms with Gasteiger partial charge in [0.15, 0.2) is 0 Å². The standard InChI is InChI=1S/C116H84N6/c1-115(2,3)83-48-58-107-99(69-83)95-54-44-80(66-112(95)119(107)87-35-19-10-20-36-87)82-45-55-96-100-70-84(49-59-108(100)122(114(96)68-82)90-50-60-109-101(71-90)91-38-21-23-40-103(91)117(109)85-31-15-8-16-32-85)116(4,5)73-74-26-25-37-88(62-74)120-104-41-24-22-39-92(104)102-72-89(51-61-110(102)120)121-106-57-47-78(76-29-13-7-14-30-76)64-98(106)94-53-43-81(67-113(94)121)79-42-52-93-97-63-77(75-27-11-6-12-28-75)46-56-105(97)118(111(93)65-79)86-33-17-9-18-34-86/h6-72H,73H2,1-5H3. The lowest BCUT2D eigenvalue weighted by molar-refractivity contribution is 0.523. The number of nitrogens with zero attached hydrogens (tertiary/aromatic N) is 6. The first-order valence-electron chi connectivity index (χ1n) is 42.6. The molecule has 0 saturated carbocycles. The van der Waals surface area contributed by atoms with E-state index < -0.39 is 0 Å². The Morgan fingerprint density at radius 2 is 0.434 bits per heavy atom.